The number of carbonyl (C=O) groups excluding carboxylic acids is 1. The number of hydrogen-bond acceptors (Lipinski definition) is 6. The number of benzene rings is 2. The van der Waals surface area contributed by atoms with Crippen molar-refractivity contribution in [2.24, 2.45) is 5.10 Å². The summed E-state index contributed by atoms with van der Waals surface area (Å²) in [5.41, 5.74) is 3.09. The van der Waals surface area contributed by atoms with Gasteiger partial charge in [-0.1, -0.05) is 29.8 Å². The Bertz CT molecular complexity index is 834. The van der Waals surface area contributed by atoms with E-state index in [1.165, 1.54) is 24.3 Å². The molecule has 2 rings (SSSR count). The third kappa shape index (κ3) is 4.33. The molecule has 0 atom stereocenters. The molecular weight excluding hydrogens is 352 g/mol. The molecule has 0 saturated carbocycles. The van der Waals surface area contributed by atoms with Crippen LogP contribution in [0.1, 0.15) is 6.92 Å². The molecule has 24 heavy (non-hydrogen) atoms. The van der Waals surface area contributed by atoms with E-state index < -0.39 is 20.9 Å². The van der Waals surface area contributed by atoms with E-state index in [-0.39, 0.29) is 11.5 Å². The van der Waals surface area contributed by atoms with E-state index in [0.717, 1.165) is 0 Å². The molecule has 6 nitrogen and oxygen atoms in total. The molecule has 1 N–H and O–H groups in total. The molecule has 0 aliphatic rings. The number of anilines is 1. The molecule has 0 unspecified atom stereocenters. The maximum absolute atomic E-state index is 12.7. The average molecular weight is 367 g/mol. The molecule has 0 amide bonds. The number of nitrogens with zero attached hydrogens (tertiary/aromatic N) is 1. The van der Waals surface area contributed by atoms with Crippen LogP contribution in [0.5, 0.6) is 0 Å². The minimum absolute atomic E-state index is 0.0271. The van der Waals surface area contributed by atoms with Crippen LogP contribution in [0.15, 0.2) is 64.6 Å². The highest BCUT2D eigenvalue weighted by Gasteiger charge is 2.30. The number of halogens is 1. The van der Waals surface area contributed by atoms with Crippen LogP contribution in [-0.4, -0.2) is 26.0 Å². The predicted octanol–water partition coefficient (Wildman–Crippen LogP) is 3.10. The number of esters is 1. The van der Waals surface area contributed by atoms with Gasteiger partial charge in [0.15, 0.2) is 0 Å². The van der Waals surface area contributed by atoms with Crippen molar-refractivity contribution in [1.29, 1.82) is 0 Å². The highest BCUT2D eigenvalue weighted by Crippen LogP contribution is 2.18. The first-order chi connectivity index (χ1) is 11.4. The summed E-state index contributed by atoms with van der Waals surface area (Å²) < 4.78 is 30.1. The standard InChI is InChI=1S/C16H15ClN2O4S/c1-2-23-16(20)15(19-18-13-6-4-3-5-7-13)24(21,22)14-10-8-12(17)9-11-14/h3-11,18H,2H2,1H3/b19-15+. The van der Waals surface area contributed by atoms with Crippen molar-refractivity contribution in [3.8, 4) is 0 Å². The molecular formula is C16H15ClN2O4S. The summed E-state index contributed by atoms with van der Waals surface area (Å²) in [4.78, 5) is 11.9. The molecule has 126 valence electrons. The van der Waals surface area contributed by atoms with Gasteiger partial charge in [-0.05, 0) is 43.3 Å². The van der Waals surface area contributed by atoms with Crippen LogP contribution in [0.25, 0.3) is 0 Å². The molecule has 0 fully saturated rings. The first-order valence-electron chi connectivity index (χ1n) is 7.01. The SMILES string of the molecule is CCOC(=O)/C(=N\Nc1ccccc1)S(=O)(=O)c1ccc(Cl)cc1. The fourth-order valence-corrected chi connectivity index (χ4v) is 3.05. The van der Waals surface area contributed by atoms with Crippen LogP contribution < -0.4 is 5.43 Å². The van der Waals surface area contributed by atoms with E-state index in [1.54, 1.807) is 37.3 Å². The van der Waals surface area contributed by atoms with Crippen molar-refractivity contribution in [3.05, 3.63) is 59.6 Å². The lowest BCUT2D eigenvalue weighted by molar-refractivity contribution is -0.134. The lowest BCUT2D eigenvalue weighted by Gasteiger charge is -2.08. The second-order valence-electron chi connectivity index (χ2n) is 4.57. The highest BCUT2D eigenvalue weighted by atomic mass is 35.5. The monoisotopic (exact) mass is 366 g/mol. The van der Waals surface area contributed by atoms with Gasteiger partial charge in [-0.2, -0.15) is 5.10 Å². The zero-order chi connectivity index (χ0) is 17.6. The smallest absolute Gasteiger partial charge is 0.371 e. The zero-order valence-corrected chi connectivity index (χ0v) is 14.3. The van der Waals surface area contributed by atoms with Gasteiger partial charge in [-0.15, -0.1) is 0 Å². The fraction of sp³-hybridized carbons (Fsp3) is 0.125. The summed E-state index contributed by atoms with van der Waals surface area (Å²) >= 11 is 5.77. The van der Waals surface area contributed by atoms with Gasteiger partial charge >= 0.3 is 5.97 Å². The van der Waals surface area contributed by atoms with Crippen LogP contribution >= 0.6 is 11.6 Å². The molecule has 2 aromatic rings. The number of para-hydroxylation sites is 1. The lowest BCUT2D eigenvalue weighted by Crippen LogP contribution is -2.28. The maximum atomic E-state index is 12.7. The molecule has 2 aromatic carbocycles. The van der Waals surface area contributed by atoms with Crippen molar-refractivity contribution in [2.75, 3.05) is 12.0 Å². The minimum Gasteiger partial charge on any atom is -0.461 e. The normalized spacial score (nSPS) is 11.8. The molecule has 0 radical (unpaired) electrons. The number of sulfone groups is 1. The number of rotatable bonds is 4. The Labute approximate surface area is 145 Å². The highest BCUT2D eigenvalue weighted by molar-refractivity contribution is 8.08. The van der Waals surface area contributed by atoms with E-state index >= 15 is 0 Å². The van der Waals surface area contributed by atoms with Crippen molar-refractivity contribution in [1.82, 2.24) is 0 Å². The molecule has 8 heteroatoms. The maximum Gasteiger partial charge on any atom is 0.371 e. The van der Waals surface area contributed by atoms with E-state index in [1.807, 2.05) is 0 Å². The van der Waals surface area contributed by atoms with Gasteiger partial charge in [-0.3, -0.25) is 5.43 Å². The summed E-state index contributed by atoms with van der Waals surface area (Å²) in [6, 6.07) is 14.1. The van der Waals surface area contributed by atoms with Gasteiger partial charge in [0.05, 0.1) is 17.2 Å². The summed E-state index contributed by atoms with van der Waals surface area (Å²) in [5, 5.41) is 3.41. The van der Waals surface area contributed by atoms with E-state index in [9.17, 15) is 13.2 Å². The molecule has 0 aliphatic heterocycles. The van der Waals surface area contributed by atoms with Crippen LogP contribution in [0.2, 0.25) is 5.02 Å². The van der Waals surface area contributed by atoms with Gasteiger partial charge in [-0.25, -0.2) is 13.2 Å². The summed E-state index contributed by atoms with van der Waals surface area (Å²) in [7, 11) is -4.16. The van der Waals surface area contributed by atoms with Crippen LogP contribution in [0.3, 0.4) is 0 Å². The summed E-state index contributed by atoms with van der Waals surface area (Å²) in [6.07, 6.45) is 0. The topological polar surface area (TPSA) is 84.8 Å². The van der Waals surface area contributed by atoms with Crippen LogP contribution in [-0.2, 0) is 19.4 Å². The molecule has 0 saturated heterocycles. The van der Waals surface area contributed by atoms with Crippen molar-refractivity contribution < 1.29 is 17.9 Å². The largest absolute Gasteiger partial charge is 0.461 e. The van der Waals surface area contributed by atoms with Gasteiger partial charge in [0.1, 0.15) is 0 Å². The first kappa shape index (κ1) is 18.0. The Balaban J connectivity index is 2.41. The summed E-state index contributed by atoms with van der Waals surface area (Å²) in [5.74, 6) is -1.03. The first-order valence-corrected chi connectivity index (χ1v) is 8.87. The van der Waals surface area contributed by atoms with Gasteiger partial charge in [0, 0.05) is 5.02 Å². The Morgan fingerprint density at radius 2 is 1.75 bits per heavy atom. The number of nitrogens with one attached hydrogen (secondary N) is 1. The second-order valence-corrected chi connectivity index (χ2v) is 6.87. The third-order valence-electron chi connectivity index (χ3n) is 2.89. The third-order valence-corrected chi connectivity index (χ3v) is 4.80. The molecule has 0 spiro atoms. The van der Waals surface area contributed by atoms with Gasteiger partial charge < -0.3 is 4.74 Å². The number of carbonyl (C=O) groups is 1. The Hall–Kier alpha value is -2.38. The van der Waals surface area contributed by atoms with E-state index in [2.05, 4.69) is 10.5 Å². The van der Waals surface area contributed by atoms with Crippen LogP contribution in [0.4, 0.5) is 5.69 Å². The second kappa shape index (κ2) is 7.94. The van der Waals surface area contributed by atoms with Gasteiger partial charge in [0.25, 0.3) is 5.04 Å². The average Bonchev–Trinajstić information content (AvgIpc) is 2.56. The lowest BCUT2D eigenvalue weighted by atomic mass is 10.3. The van der Waals surface area contributed by atoms with E-state index in [0.29, 0.717) is 10.7 Å². The molecule has 0 heterocycles. The number of hydrogen-bond donors (Lipinski definition) is 1. The molecule has 0 aliphatic carbocycles. The van der Waals surface area contributed by atoms with Crippen LogP contribution in [0, 0.1) is 0 Å². The van der Waals surface area contributed by atoms with E-state index in [4.69, 9.17) is 16.3 Å². The molecule has 0 bridgehead atoms. The Morgan fingerprint density at radius 1 is 1.12 bits per heavy atom. The van der Waals surface area contributed by atoms with Crippen molar-refractivity contribution in [2.45, 2.75) is 11.8 Å². The fourth-order valence-electron chi connectivity index (χ4n) is 1.76. The van der Waals surface area contributed by atoms with Crippen molar-refractivity contribution in [3.63, 3.8) is 0 Å². The number of hydrazone groups is 1. The Kier molecular flexibility index (Phi) is 5.94. The van der Waals surface area contributed by atoms with Crippen molar-refractivity contribution >= 4 is 38.1 Å². The minimum atomic E-state index is -4.16. The van der Waals surface area contributed by atoms with Gasteiger partial charge in [0.2, 0.25) is 9.84 Å². The summed E-state index contributed by atoms with van der Waals surface area (Å²) in [6.45, 7) is 1.61. The zero-order valence-electron chi connectivity index (χ0n) is 12.8. The number of ether oxygens (including phenoxy) is 1. The molecule has 0 aromatic heterocycles. The quantitative estimate of drug-likeness (QED) is 0.389. The Morgan fingerprint density at radius 3 is 2.33 bits per heavy atom. The predicted molar refractivity (Wildman–Crippen MR) is 92.8 cm³/mol.